The Balaban J connectivity index is 1.84. The maximum atomic E-state index is 13.4. The largest absolute Gasteiger partial charge is 0.417 e. The second kappa shape index (κ2) is 9.52. The number of rotatable bonds is 7. The topological polar surface area (TPSA) is 54.1 Å². The zero-order valence-corrected chi connectivity index (χ0v) is 17.3. The van der Waals surface area contributed by atoms with Gasteiger partial charge in [-0.2, -0.15) is 18.4 Å². The van der Waals surface area contributed by atoms with Crippen molar-refractivity contribution < 1.29 is 17.9 Å². The number of anilines is 1. The fourth-order valence-electron chi connectivity index (χ4n) is 4.46. The first-order valence-corrected chi connectivity index (χ1v) is 10.3. The zero-order chi connectivity index (χ0) is 21.7. The number of imidazole rings is 1. The molecule has 0 N–H and O–H groups in total. The van der Waals surface area contributed by atoms with Crippen LogP contribution in [0.4, 0.5) is 18.9 Å². The molecular formula is C22H27F3N4O. The van der Waals surface area contributed by atoms with Crippen molar-refractivity contribution in [2.75, 3.05) is 25.2 Å². The molecule has 5 nitrogen and oxygen atoms in total. The van der Waals surface area contributed by atoms with E-state index in [0.717, 1.165) is 44.0 Å². The molecule has 0 bridgehead atoms. The normalized spacial score (nSPS) is 19.5. The lowest BCUT2D eigenvalue weighted by Crippen LogP contribution is -2.39. The van der Waals surface area contributed by atoms with Gasteiger partial charge in [0.2, 0.25) is 0 Å². The van der Waals surface area contributed by atoms with Crippen molar-refractivity contribution in [3.8, 4) is 6.07 Å². The molecule has 3 rings (SSSR count). The van der Waals surface area contributed by atoms with E-state index in [1.165, 1.54) is 6.07 Å². The highest BCUT2D eigenvalue weighted by Crippen LogP contribution is 2.39. The molecule has 2 aromatic rings. The van der Waals surface area contributed by atoms with E-state index in [1.807, 2.05) is 24.3 Å². The predicted molar refractivity (Wildman–Crippen MR) is 108 cm³/mol. The van der Waals surface area contributed by atoms with Crippen molar-refractivity contribution in [3.63, 3.8) is 0 Å². The Kier molecular flexibility index (Phi) is 7.03. The third-order valence-electron chi connectivity index (χ3n) is 5.89. The van der Waals surface area contributed by atoms with Crippen LogP contribution in [0, 0.1) is 11.3 Å². The molecule has 1 saturated carbocycles. The number of alkyl halides is 3. The van der Waals surface area contributed by atoms with E-state index in [0.29, 0.717) is 24.8 Å². The number of halogens is 3. The molecule has 0 radical (unpaired) electrons. The van der Waals surface area contributed by atoms with Crippen LogP contribution in [-0.2, 0) is 17.5 Å². The molecule has 1 aliphatic rings. The lowest BCUT2D eigenvalue weighted by Gasteiger charge is -2.39. The smallest absolute Gasteiger partial charge is 0.383 e. The first-order chi connectivity index (χ1) is 14.4. The molecule has 0 amide bonds. The van der Waals surface area contributed by atoms with Crippen LogP contribution >= 0.6 is 0 Å². The van der Waals surface area contributed by atoms with Crippen LogP contribution in [0.5, 0.6) is 0 Å². The molecule has 1 aromatic heterocycles. The highest BCUT2D eigenvalue weighted by molar-refractivity contribution is 5.55. The number of ether oxygens (including phenoxy) is 1. The van der Waals surface area contributed by atoms with Gasteiger partial charge in [0.1, 0.15) is 0 Å². The second-order valence-corrected chi connectivity index (χ2v) is 7.65. The van der Waals surface area contributed by atoms with E-state index in [1.54, 1.807) is 19.2 Å². The summed E-state index contributed by atoms with van der Waals surface area (Å²) in [6.45, 7) is 3.89. The summed E-state index contributed by atoms with van der Waals surface area (Å²) >= 11 is 0. The Morgan fingerprint density at radius 3 is 2.80 bits per heavy atom. The van der Waals surface area contributed by atoms with Crippen LogP contribution in [0.2, 0.25) is 0 Å². The molecule has 1 heterocycles. The Labute approximate surface area is 175 Å². The summed E-state index contributed by atoms with van der Waals surface area (Å²) in [5, 5.41) is 9.06. The monoisotopic (exact) mass is 420 g/mol. The quantitative estimate of drug-likeness (QED) is 0.634. The summed E-state index contributed by atoms with van der Waals surface area (Å²) in [6.07, 6.45) is 2.97. The molecule has 30 heavy (non-hydrogen) atoms. The Morgan fingerprint density at radius 2 is 2.13 bits per heavy atom. The van der Waals surface area contributed by atoms with Crippen molar-refractivity contribution in [2.24, 2.45) is 0 Å². The number of aromatic nitrogens is 2. The maximum absolute atomic E-state index is 13.4. The Morgan fingerprint density at radius 1 is 1.33 bits per heavy atom. The SMILES string of the molecule is CCN(c1ccc(C#N)c(C(F)(F)F)c1)C1CCCC(c2cncn2CCOC)C1. The molecular weight excluding hydrogens is 393 g/mol. The van der Waals surface area contributed by atoms with E-state index in [-0.39, 0.29) is 11.6 Å². The van der Waals surface area contributed by atoms with Gasteiger partial charge in [-0.15, -0.1) is 0 Å². The number of hydrogen-bond acceptors (Lipinski definition) is 4. The van der Waals surface area contributed by atoms with Gasteiger partial charge in [0.15, 0.2) is 0 Å². The fraction of sp³-hybridized carbons (Fsp3) is 0.545. The summed E-state index contributed by atoms with van der Waals surface area (Å²) in [5.41, 5.74) is 0.461. The fourth-order valence-corrected chi connectivity index (χ4v) is 4.46. The number of hydrogen-bond donors (Lipinski definition) is 0. The highest BCUT2D eigenvalue weighted by atomic mass is 19.4. The summed E-state index contributed by atoms with van der Waals surface area (Å²) < 4.78 is 47.6. The number of nitriles is 1. The van der Waals surface area contributed by atoms with E-state index in [9.17, 15) is 13.2 Å². The number of benzene rings is 1. The standard InChI is InChI=1S/C22H27F3N4O/c1-3-29(19-8-7-17(13-26)20(12-19)22(23,24)25)18-6-4-5-16(11-18)21-14-27-15-28(21)9-10-30-2/h7-8,12,14-16,18H,3-6,9-11H2,1-2H3. The zero-order valence-electron chi connectivity index (χ0n) is 17.3. The van der Waals surface area contributed by atoms with Crippen LogP contribution in [0.25, 0.3) is 0 Å². The molecule has 1 aliphatic carbocycles. The van der Waals surface area contributed by atoms with Crippen molar-refractivity contribution in [1.29, 1.82) is 5.26 Å². The van der Waals surface area contributed by atoms with Crippen LogP contribution in [0.3, 0.4) is 0 Å². The van der Waals surface area contributed by atoms with Gasteiger partial charge in [0, 0.05) is 49.7 Å². The molecule has 0 spiro atoms. The Bertz CT molecular complexity index is 887. The second-order valence-electron chi connectivity index (χ2n) is 7.65. The van der Waals surface area contributed by atoms with Gasteiger partial charge in [-0.1, -0.05) is 6.42 Å². The maximum Gasteiger partial charge on any atom is 0.417 e. The lowest BCUT2D eigenvalue weighted by molar-refractivity contribution is -0.137. The first kappa shape index (κ1) is 22.2. The minimum atomic E-state index is -4.55. The van der Waals surface area contributed by atoms with Gasteiger partial charge in [-0.25, -0.2) is 4.98 Å². The first-order valence-electron chi connectivity index (χ1n) is 10.3. The third kappa shape index (κ3) is 4.78. The number of methoxy groups -OCH3 is 1. The van der Waals surface area contributed by atoms with Crippen molar-refractivity contribution in [1.82, 2.24) is 9.55 Å². The summed E-state index contributed by atoms with van der Waals surface area (Å²) in [4.78, 5) is 6.33. The summed E-state index contributed by atoms with van der Waals surface area (Å²) in [7, 11) is 1.67. The summed E-state index contributed by atoms with van der Waals surface area (Å²) in [5.74, 6) is 0.303. The van der Waals surface area contributed by atoms with Crippen LogP contribution in [0.15, 0.2) is 30.7 Å². The molecule has 0 saturated heterocycles. The van der Waals surface area contributed by atoms with E-state index in [2.05, 4.69) is 9.55 Å². The van der Waals surface area contributed by atoms with Crippen LogP contribution in [-0.4, -0.2) is 35.9 Å². The molecule has 0 aliphatic heterocycles. The van der Waals surface area contributed by atoms with Crippen molar-refractivity contribution in [2.45, 2.75) is 57.3 Å². The molecule has 8 heteroatoms. The van der Waals surface area contributed by atoms with Crippen molar-refractivity contribution in [3.05, 3.63) is 47.5 Å². The molecule has 2 unspecified atom stereocenters. The van der Waals surface area contributed by atoms with Gasteiger partial charge in [-0.05, 0) is 44.4 Å². The molecule has 2 atom stereocenters. The minimum Gasteiger partial charge on any atom is -0.383 e. The van der Waals surface area contributed by atoms with Crippen molar-refractivity contribution >= 4 is 5.69 Å². The average molecular weight is 420 g/mol. The van der Waals surface area contributed by atoms with Gasteiger partial charge < -0.3 is 14.2 Å². The lowest BCUT2D eigenvalue weighted by atomic mass is 9.82. The Hall–Kier alpha value is -2.53. The summed E-state index contributed by atoms with van der Waals surface area (Å²) in [6, 6.07) is 5.82. The number of nitrogens with zero attached hydrogens (tertiary/aromatic N) is 4. The molecule has 1 aromatic carbocycles. The van der Waals surface area contributed by atoms with Crippen LogP contribution < -0.4 is 4.90 Å². The third-order valence-corrected chi connectivity index (χ3v) is 5.89. The van der Waals surface area contributed by atoms with Gasteiger partial charge in [-0.3, -0.25) is 0 Å². The van der Waals surface area contributed by atoms with Gasteiger partial charge in [0.05, 0.1) is 30.1 Å². The van der Waals surface area contributed by atoms with E-state index in [4.69, 9.17) is 10.00 Å². The highest BCUT2D eigenvalue weighted by Gasteiger charge is 2.35. The van der Waals surface area contributed by atoms with Crippen LogP contribution in [0.1, 0.15) is 55.3 Å². The van der Waals surface area contributed by atoms with Gasteiger partial charge >= 0.3 is 6.18 Å². The van der Waals surface area contributed by atoms with E-state index < -0.39 is 11.7 Å². The average Bonchev–Trinajstić information content (AvgIpc) is 3.21. The molecule has 1 fully saturated rings. The van der Waals surface area contributed by atoms with Gasteiger partial charge in [0.25, 0.3) is 0 Å². The predicted octanol–water partition coefficient (Wildman–Crippen LogP) is 4.97. The minimum absolute atomic E-state index is 0.133. The van der Waals surface area contributed by atoms with E-state index >= 15 is 0 Å². The molecule has 162 valence electrons.